The Hall–Kier alpha value is -1.56. The number of rotatable bonds is 5. The van der Waals surface area contributed by atoms with Crippen molar-refractivity contribution in [3.63, 3.8) is 0 Å². The molecular weight excluding hydrogens is 246 g/mol. The van der Waals surface area contributed by atoms with Crippen LogP contribution >= 0.6 is 0 Å². The fourth-order valence-electron chi connectivity index (χ4n) is 2.67. The third kappa shape index (κ3) is 2.89. The minimum Gasteiger partial charge on any atom is -0.461 e. The second-order valence-corrected chi connectivity index (χ2v) is 4.84. The van der Waals surface area contributed by atoms with Gasteiger partial charge >= 0.3 is 5.97 Å². The van der Waals surface area contributed by atoms with Gasteiger partial charge in [-0.3, -0.25) is 0 Å². The zero-order chi connectivity index (χ0) is 13.8. The number of nitrogens with two attached hydrogens (primary N) is 1. The Balaban J connectivity index is 2.07. The molecule has 1 fully saturated rings. The third-order valence-electron chi connectivity index (χ3n) is 3.70. The van der Waals surface area contributed by atoms with E-state index in [4.69, 9.17) is 14.9 Å². The lowest BCUT2D eigenvalue weighted by molar-refractivity contribution is 0.0519. The molecule has 6 nitrogen and oxygen atoms in total. The van der Waals surface area contributed by atoms with Crippen LogP contribution in [0.3, 0.4) is 0 Å². The number of ether oxygens (including phenoxy) is 1. The fraction of sp³-hybridized carbons (Fsp3) is 0.692. The minimum absolute atomic E-state index is 0.214. The van der Waals surface area contributed by atoms with Crippen LogP contribution in [-0.2, 0) is 4.74 Å². The van der Waals surface area contributed by atoms with Crippen molar-refractivity contribution >= 4 is 12.0 Å². The van der Waals surface area contributed by atoms with E-state index in [0.717, 1.165) is 12.8 Å². The van der Waals surface area contributed by atoms with E-state index in [1.54, 1.807) is 6.92 Å². The Morgan fingerprint density at radius 2 is 2.42 bits per heavy atom. The van der Waals surface area contributed by atoms with Gasteiger partial charge in [-0.2, -0.15) is 4.98 Å². The Labute approximate surface area is 112 Å². The Morgan fingerprint density at radius 1 is 1.63 bits per heavy atom. The maximum Gasteiger partial charge on any atom is 0.360 e. The lowest BCUT2D eigenvalue weighted by Crippen LogP contribution is -2.38. The lowest BCUT2D eigenvalue weighted by Gasteiger charge is -2.27. The second kappa shape index (κ2) is 6.06. The summed E-state index contributed by atoms with van der Waals surface area (Å²) in [6.45, 7) is 2.75. The molecule has 1 aliphatic carbocycles. The zero-order valence-corrected chi connectivity index (χ0v) is 11.5. The molecule has 1 aromatic heterocycles. The maximum atomic E-state index is 11.5. The second-order valence-electron chi connectivity index (χ2n) is 4.84. The smallest absolute Gasteiger partial charge is 0.360 e. The summed E-state index contributed by atoms with van der Waals surface area (Å²) in [4.78, 5) is 17.7. The molecule has 2 atom stereocenters. The monoisotopic (exact) mass is 267 g/mol. The highest BCUT2D eigenvalue weighted by molar-refractivity contribution is 5.87. The van der Waals surface area contributed by atoms with Crippen LogP contribution in [0.2, 0.25) is 0 Å². The quantitative estimate of drug-likeness (QED) is 0.812. The van der Waals surface area contributed by atoms with Crippen molar-refractivity contribution in [2.75, 3.05) is 25.1 Å². The number of nitrogens with zero attached hydrogens (tertiary/aromatic N) is 2. The first-order valence-corrected chi connectivity index (χ1v) is 6.73. The molecule has 0 amide bonds. The molecule has 1 heterocycles. The third-order valence-corrected chi connectivity index (χ3v) is 3.70. The summed E-state index contributed by atoms with van der Waals surface area (Å²) in [7, 11) is 1.93. The first-order valence-electron chi connectivity index (χ1n) is 6.73. The van der Waals surface area contributed by atoms with Gasteiger partial charge in [-0.05, 0) is 32.2 Å². The van der Waals surface area contributed by atoms with Gasteiger partial charge in [0.05, 0.1) is 6.61 Å². The lowest BCUT2D eigenvalue weighted by atomic mass is 10.0. The molecule has 106 valence electrons. The number of carbonyl (C=O) groups is 1. The van der Waals surface area contributed by atoms with E-state index < -0.39 is 5.97 Å². The van der Waals surface area contributed by atoms with Gasteiger partial charge < -0.3 is 19.8 Å². The first kappa shape index (κ1) is 13.9. The van der Waals surface area contributed by atoms with Crippen LogP contribution in [-0.4, -0.2) is 37.2 Å². The molecule has 2 N–H and O–H groups in total. The summed E-state index contributed by atoms with van der Waals surface area (Å²) in [6, 6.07) is 0.784. The van der Waals surface area contributed by atoms with E-state index in [1.807, 2.05) is 11.9 Å². The van der Waals surface area contributed by atoms with E-state index in [-0.39, 0.29) is 5.69 Å². The summed E-state index contributed by atoms with van der Waals surface area (Å²) >= 11 is 0. The highest BCUT2D eigenvalue weighted by Crippen LogP contribution is 2.31. The maximum absolute atomic E-state index is 11.5. The molecule has 1 aliphatic rings. The number of carbonyl (C=O) groups excluding carboxylic acids is 1. The predicted octanol–water partition coefficient (Wildman–Crippen LogP) is 1.41. The molecule has 0 aliphatic heterocycles. The molecule has 1 aromatic rings. The molecule has 19 heavy (non-hydrogen) atoms. The molecule has 2 rings (SSSR count). The van der Waals surface area contributed by atoms with Gasteiger partial charge in [0.1, 0.15) is 6.26 Å². The highest BCUT2D eigenvalue weighted by atomic mass is 16.5. The van der Waals surface area contributed by atoms with Gasteiger partial charge in [-0.1, -0.05) is 6.42 Å². The molecule has 1 saturated carbocycles. The van der Waals surface area contributed by atoms with E-state index in [9.17, 15) is 4.79 Å². The summed E-state index contributed by atoms with van der Waals surface area (Å²) in [6.07, 6.45) is 4.73. The van der Waals surface area contributed by atoms with E-state index in [1.165, 1.54) is 12.7 Å². The molecule has 0 bridgehead atoms. The van der Waals surface area contributed by atoms with Gasteiger partial charge in [-0.15, -0.1) is 0 Å². The topological polar surface area (TPSA) is 81.6 Å². The molecule has 0 spiro atoms. The van der Waals surface area contributed by atoms with Gasteiger partial charge in [0.2, 0.25) is 0 Å². The predicted molar refractivity (Wildman–Crippen MR) is 71.0 cm³/mol. The Bertz CT molecular complexity index is 433. The fourth-order valence-corrected chi connectivity index (χ4v) is 2.67. The van der Waals surface area contributed by atoms with Crippen LogP contribution < -0.4 is 10.6 Å². The van der Waals surface area contributed by atoms with Gasteiger partial charge in [-0.25, -0.2) is 4.79 Å². The van der Waals surface area contributed by atoms with Gasteiger partial charge in [0, 0.05) is 13.1 Å². The van der Waals surface area contributed by atoms with Crippen molar-refractivity contribution < 1.29 is 13.9 Å². The van der Waals surface area contributed by atoms with Crippen LogP contribution in [0.4, 0.5) is 6.01 Å². The van der Waals surface area contributed by atoms with Crippen molar-refractivity contribution in [3.8, 4) is 0 Å². The Morgan fingerprint density at radius 3 is 3.11 bits per heavy atom. The van der Waals surface area contributed by atoms with E-state index in [2.05, 4.69) is 4.98 Å². The van der Waals surface area contributed by atoms with Crippen LogP contribution in [0.15, 0.2) is 10.7 Å². The minimum atomic E-state index is -0.451. The normalized spacial score (nSPS) is 22.5. The van der Waals surface area contributed by atoms with E-state index >= 15 is 0 Å². The largest absolute Gasteiger partial charge is 0.461 e. The van der Waals surface area contributed by atoms with Crippen LogP contribution in [0.25, 0.3) is 0 Å². The molecule has 0 aromatic carbocycles. The number of aromatic nitrogens is 1. The molecule has 0 saturated heterocycles. The first-order chi connectivity index (χ1) is 9.17. The van der Waals surface area contributed by atoms with Crippen molar-refractivity contribution in [2.45, 2.75) is 32.2 Å². The molecule has 0 radical (unpaired) electrons. The summed E-state index contributed by atoms with van der Waals surface area (Å²) < 4.78 is 10.3. The number of hydrogen-bond donors (Lipinski definition) is 1. The highest BCUT2D eigenvalue weighted by Gasteiger charge is 2.31. The summed E-state index contributed by atoms with van der Waals surface area (Å²) in [5.41, 5.74) is 6.00. The SMILES string of the molecule is CCOC(=O)c1coc(N(C)C2CCCC2CN)n1. The molecule has 2 unspecified atom stereocenters. The summed E-state index contributed by atoms with van der Waals surface area (Å²) in [5, 5.41) is 0. The zero-order valence-electron chi connectivity index (χ0n) is 11.5. The van der Waals surface area contributed by atoms with Crippen LogP contribution in [0.1, 0.15) is 36.7 Å². The van der Waals surface area contributed by atoms with Crippen LogP contribution in [0.5, 0.6) is 0 Å². The molecule has 6 heteroatoms. The average molecular weight is 267 g/mol. The van der Waals surface area contributed by atoms with E-state index in [0.29, 0.717) is 31.1 Å². The van der Waals surface area contributed by atoms with Crippen molar-refractivity contribution in [2.24, 2.45) is 11.7 Å². The van der Waals surface area contributed by atoms with Gasteiger partial charge in [0.15, 0.2) is 5.69 Å². The number of anilines is 1. The van der Waals surface area contributed by atoms with Crippen molar-refractivity contribution in [3.05, 3.63) is 12.0 Å². The standard InChI is InChI=1S/C13H21N3O3/c1-3-18-12(17)10-8-19-13(15-10)16(2)11-6-4-5-9(11)7-14/h8-9,11H,3-7,14H2,1-2H3. The van der Waals surface area contributed by atoms with Gasteiger partial charge in [0.25, 0.3) is 6.01 Å². The number of hydrogen-bond acceptors (Lipinski definition) is 6. The molecular formula is C13H21N3O3. The van der Waals surface area contributed by atoms with Crippen molar-refractivity contribution in [1.29, 1.82) is 0 Å². The Kier molecular flexibility index (Phi) is 4.42. The van der Waals surface area contributed by atoms with Crippen LogP contribution in [0, 0.1) is 5.92 Å². The number of esters is 1. The average Bonchev–Trinajstić information content (AvgIpc) is 3.07. The van der Waals surface area contributed by atoms with Crippen molar-refractivity contribution in [1.82, 2.24) is 4.98 Å². The number of oxazole rings is 1. The summed E-state index contributed by atoms with van der Waals surface area (Å²) in [5.74, 6) is 0.00985.